The summed E-state index contributed by atoms with van der Waals surface area (Å²) >= 11 is 0. The molecule has 3 rings (SSSR count). The van der Waals surface area contributed by atoms with Gasteiger partial charge >= 0.3 is 5.97 Å². The third-order valence-corrected chi connectivity index (χ3v) is 6.47. The number of nitrogens with two attached hydrogens (primary N) is 1. The summed E-state index contributed by atoms with van der Waals surface area (Å²) in [6, 6.07) is 10.4. The molecule has 1 saturated heterocycles. The number of hydrogen-bond donors (Lipinski definition) is 2. The summed E-state index contributed by atoms with van der Waals surface area (Å²) in [5.74, 6) is 0.735. The van der Waals surface area contributed by atoms with Crippen molar-refractivity contribution in [3.8, 4) is 22.6 Å². The van der Waals surface area contributed by atoms with Crippen LogP contribution in [-0.2, 0) is 28.9 Å². The molecule has 0 amide bonds. The van der Waals surface area contributed by atoms with Crippen molar-refractivity contribution in [2.75, 3.05) is 26.3 Å². The number of piperidine rings is 1. The number of esters is 1. The number of carbonyl (C=O) groups is 1. The van der Waals surface area contributed by atoms with Crippen molar-refractivity contribution in [3.63, 3.8) is 0 Å². The smallest absolute Gasteiger partial charge is 0.302 e. The Hall–Kier alpha value is -3.09. The van der Waals surface area contributed by atoms with Gasteiger partial charge in [0.25, 0.3) is 0 Å². The van der Waals surface area contributed by atoms with Gasteiger partial charge in [-0.05, 0) is 80.9 Å². The fourth-order valence-corrected chi connectivity index (χ4v) is 4.53. The molecule has 0 atom stereocenters. The van der Waals surface area contributed by atoms with Gasteiger partial charge in [-0.15, -0.1) is 13.2 Å². The van der Waals surface area contributed by atoms with E-state index in [2.05, 4.69) is 30.2 Å². The van der Waals surface area contributed by atoms with E-state index in [1.807, 2.05) is 30.4 Å². The summed E-state index contributed by atoms with van der Waals surface area (Å²) in [4.78, 5) is 13.3. The number of phenols is 1. The van der Waals surface area contributed by atoms with E-state index in [0.29, 0.717) is 26.2 Å². The molecule has 0 saturated carbocycles. The molecular formula is C30H40N2O4. The Morgan fingerprint density at radius 2 is 1.72 bits per heavy atom. The van der Waals surface area contributed by atoms with Gasteiger partial charge in [0.2, 0.25) is 0 Å². The van der Waals surface area contributed by atoms with Crippen LogP contribution in [0.5, 0.6) is 11.5 Å². The number of likely N-dealkylation sites (tertiary alicyclic amines) is 1. The largest absolute Gasteiger partial charge is 0.507 e. The van der Waals surface area contributed by atoms with Gasteiger partial charge in [0.15, 0.2) is 0 Å². The highest BCUT2D eigenvalue weighted by molar-refractivity contribution is 5.78. The van der Waals surface area contributed by atoms with Crippen LogP contribution in [0.2, 0.25) is 0 Å². The highest BCUT2D eigenvalue weighted by Crippen LogP contribution is 2.40. The van der Waals surface area contributed by atoms with Gasteiger partial charge < -0.3 is 20.3 Å². The van der Waals surface area contributed by atoms with E-state index in [9.17, 15) is 9.90 Å². The van der Waals surface area contributed by atoms with E-state index in [0.717, 1.165) is 78.8 Å². The summed E-state index contributed by atoms with van der Waals surface area (Å²) in [6.45, 7) is 12.6. The maximum atomic E-state index is 11.5. The van der Waals surface area contributed by atoms with Gasteiger partial charge in [-0.25, -0.2) is 0 Å². The molecular weight excluding hydrogens is 452 g/mol. The van der Waals surface area contributed by atoms with Crippen LogP contribution in [0.3, 0.4) is 0 Å². The molecule has 36 heavy (non-hydrogen) atoms. The number of carbonyl (C=O) groups excluding carboxylic acids is 1. The zero-order valence-corrected chi connectivity index (χ0v) is 21.5. The van der Waals surface area contributed by atoms with Gasteiger partial charge in [0.05, 0.1) is 13.2 Å². The molecule has 1 aliphatic heterocycles. The molecule has 1 heterocycles. The standard InChI is InChI=1S/C30H40N2O4/c1-4-8-23-10-11-29(36-17-7-6-16-35-22(3)33)27(19-23)28-20-24(9-5-2)18-25(30(28)34)21-32-14-12-26(31)13-15-32/h4-5,10-11,18-20,26,34H,1-2,6-9,12-17,21,31H2,3H3. The van der Waals surface area contributed by atoms with Crippen molar-refractivity contribution in [3.05, 3.63) is 72.3 Å². The first kappa shape index (κ1) is 27.5. The van der Waals surface area contributed by atoms with Crippen LogP contribution in [0.4, 0.5) is 0 Å². The van der Waals surface area contributed by atoms with Gasteiger partial charge in [0.1, 0.15) is 11.5 Å². The van der Waals surface area contributed by atoms with Crippen molar-refractivity contribution >= 4 is 5.97 Å². The lowest BCUT2D eigenvalue weighted by Gasteiger charge is -2.30. The molecule has 6 heteroatoms. The van der Waals surface area contributed by atoms with Crippen molar-refractivity contribution in [2.24, 2.45) is 5.73 Å². The minimum atomic E-state index is -0.269. The first-order valence-electron chi connectivity index (χ1n) is 12.8. The van der Waals surface area contributed by atoms with Gasteiger partial charge in [-0.3, -0.25) is 9.69 Å². The molecule has 6 nitrogen and oxygen atoms in total. The van der Waals surface area contributed by atoms with Gasteiger partial charge in [-0.2, -0.15) is 0 Å². The normalized spacial score (nSPS) is 14.4. The Labute approximate surface area is 215 Å². The van der Waals surface area contributed by atoms with Gasteiger partial charge in [-0.1, -0.05) is 24.3 Å². The van der Waals surface area contributed by atoms with E-state index in [1.54, 1.807) is 0 Å². The number of allylic oxidation sites excluding steroid dienone is 2. The Morgan fingerprint density at radius 1 is 1.06 bits per heavy atom. The number of ether oxygens (including phenoxy) is 2. The highest BCUT2D eigenvalue weighted by atomic mass is 16.5. The van der Waals surface area contributed by atoms with Crippen LogP contribution in [0.1, 0.15) is 49.3 Å². The number of rotatable bonds is 13. The number of phenolic OH excluding ortho intramolecular Hbond substituents is 1. The minimum absolute atomic E-state index is 0.263. The SMILES string of the molecule is C=CCc1ccc(OCCCCOC(C)=O)c(-c2cc(CC=C)cc(CN3CCC(N)CC3)c2O)c1. The molecule has 0 radical (unpaired) electrons. The van der Waals surface area contributed by atoms with E-state index in [4.69, 9.17) is 15.2 Å². The van der Waals surface area contributed by atoms with E-state index in [-0.39, 0.29) is 17.8 Å². The highest BCUT2D eigenvalue weighted by Gasteiger charge is 2.21. The second kappa shape index (κ2) is 13.9. The lowest BCUT2D eigenvalue weighted by Crippen LogP contribution is -2.39. The predicted molar refractivity (Wildman–Crippen MR) is 145 cm³/mol. The Balaban J connectivity index is 1.90. The van der Waals surface area contributed by atoms with Crippen LogP contribution in [0.15, 0.2) is 55.6 Å². The first-order chi connectivity index (χ1) is 17.4. The zero-order chi connectivity index (χ0) is 25.9. The topological polar surface area (TPSA) is 85.0 Å². The maximum absolute atomic E-state index is 11.5. The number of benzene rings is 2. The van der Waals surface area contributed by atoms with Crippen LogP contribution in [-0.4, -0.2) is 48.3 Å². The molecule has 1 fully saturated rings. The second-order valence-corrected chi connectivity index (χ2v) is 9.48. The lowest BCUT2D eigenvalue weighted by molar-refractivity contribution is -0.141. The quantitative estimate of drug-likeness (QED) is 0.228. The molecule has 0 bridgehead atoms. The molecule has 0 spiro atoms. The molecule has 2 aromatic rings. The number of hydrogen-bond acceptors (Lipinski definition) is 6. The van der Waals surface area contributed by atoms with E-state index in [1.165, 1.54) is 6.92 Å². The van der Waals surface area contributed by atoms with Crippen molar-refractivity contribution in [1.82, 2.24) is 4.90 Å². The van der Waals surface area contributed by atoms with Crippen LogP contribution < -0.4 is 10.5 Å². The molecule has 2 aromatic carbocycles. The van der Waals surface area contributed by atoms with Crippen LogP contribution in [0.25, 0.3) is 11.1 Å². The summed E-state index contributed by atoms with van der Waals surface area (Å²) in [5, 5.41) is 11.5. The maximum Gasteiger partial charge on any atom is 0.302 e. The van der Waals surface area contributed by atoms with Crippen molar-refractivity contribution in [1.29, 1.82) is 0 Å². The van der Waals surface area contributed by atoms with Crippen LogP contribution >= 0.6 is 0 Å². The predicted octanol–water partition coefficient (Wildman–Crippen LogP) is 5.16. The minimum Gasteiger partial charge on any atom is -0.507 e. The summed E-state index contributed by atoms with van der Waals surface area (Å²) < 4.78 is 11.2. The molecule has 3 N–H and O–H groups in total. The molecule has 0 aromatic heterocycles. The Bertz CT molecular complexity index is 1040. The zero-order valence-electron chi connectivity index (χ0n) is 21.5. The second-order valence-electron chi connectivity index (χ2n) is 9.48. The van der Waals surface area contributed by atoms with Gasteiger partial charge in [0, 0.05) is 36.2 Å². The van der Waals surface area contributed by atoms with E-state index < -0.39 is 0 Å². The molecule has 1 aliphatic rings. The summed E-state index contributed by atoms with van der Waals surface area (Å²) in [6.07, 6.45) is 8.62. The third-order valence-electron chi connectivity index (χ3n) is 6.47. The van der Waals surface area contributed by atoms with Crippen LogP contribution in [0, 0.1) is 0 Å². The molecule has 0 aliphatic carbocycles. The lowest BCUT2D eigenvalue weighted by atomic mass is 9.94. The van der Waals surface area contributed by atoms with Crippen molar-refractivity contribution in [2.45, 2.75) is 58.0 Å². The number of aromatic hydroxyl groups is 1. The molecule has 194 valence electrons. The Morgan fingerprint density at radius 3 is 2.42 bits per heavy atom. The third kappa shape index (κ3) is 7.97. The average Bonchev–Trinajstić information content (AvgIpc) is 2.85. The monoisotopic (exact) mass is 492 g/mol. The fourth-order valence-electron chi connectivity index (χ4n) is 4.53. The Kier molecular flexibility index (Phi) is 10.6. The number of unbranched alkanes of at least 4 members (excludes halogenated alkanes) is 1. The summed E-state index contributed by atoms with van der Waals surface area (Å²) in [7, 11) is 0. The van der Waals surface area contributed by atoms with Crippen molar-refractivity contribution < 1.29 is 19.4 Å². The summed E-state index contributed by atoms with van der Waals surface area (Å²) in [5.41, 5.74) is 10.8. The fraction of sp³-hybridized carbons (Fsp3) is 0.433. The average molecular weight is 493 g/mol. The number of nitrogens with zero attached hydrogens (tertiary/aromatic N) is 1. The van der Waals surface area contributed by atoms with E-state index >= 15 is 0 Å². The molecule has 0 unspecified atom stereocenters. The first-order valence-corrected chi connectivity index (χ1v) is 12.8.